The van der Waals surface area contributed by atoms with Crippen molar-refractivity contribution < 1.29 is 4.79 Å². The van der Waals surface area contributed by atoms with Crippen LogP contribution in [0.2, 0.25) is 0 Å². The van der Waals surface area contributed by atoms with Gasteiger partial charge in [-0.25, -0.2) is 4.98 Å². The first-order valence-electron chi connectivity index (χ1n) is 3.88. The number of carbonyl (C=O) groups is 1. The van der Waals surface area contributed by atoms with Crippen LogP contribution in [-0.2, 0) is 0 Å². The molecule has 1 aromatic rings. The Balaban J connectivity index is 2.45. The van der Waals surface area contributed by atoms with Crippen LogP contribution >= 0.6 is 11.3 Å². The number of hydrogen-bond acceptors (Lipinski definition) is 3. The molecule has 0 saturated heterocycles. The molecule has 0 saturated carbocycles. The Bertz CT molecular complexity index is 338. The normalized spacial score (nSPS) is 9.23. The zero-order chi connectivity index (χ0) is 9.68. The third kappa shape index (κ3) is 2.88. The zero-order valence-electron chi connectivity index (χ0n) is 7.33. The van der Waals surface area contributed by atoms with Gasteiger partial charge in [0.2, 0.25) is 0 Å². The van der Waals surface area contributed by atoms with Gasteiger partial charge in [-0.1, -0.05) is 0 Å². The molecular weight excluding hydrogens is 184 g/mol. The van der Waals surface area contributed by atoms with Gasteiger partial charge in [-0.3, -0.25) is 4.79 Å². The van der Waals surface area contributed by atoms with Crippen LogP contribution in [0.25, 0.3) is 0 Å². The molecule has 0 fully saturated rings. The van der Waals surface area contributed by atoms with Gasteiger partial charge < -0.3 is 5.32 Å². The molecule has 4 heteroatoms. The van der Waals surface area contributed by atoms with Crippen molar-refractivity contribution in [3.63, 3.8) is 0 Å². The highest BCUT2D eigenvalue weighted by Gasteiger charge is 2.06. The molecule has 0 aromatic carbocycles. The van der Waals surface area contributed by atoms with Crippen molar-refractivity contribution in [3.05, 3.63) is 16.1 Å². The second kappa shape index (κ2) is 4.63. The van der Waals surface area contributed by atoms with E-state index >= 15 is 0 Å². The number of terminal acetylenes is 1. The van der Waals surface area contributed by atoms with Crippen LogP contribution in [0.3, 0.4) is 0 Å². The smallest absolute Gasteiger partial charge is 0.263 e. The maximum atomic E-state index is 11.3. The summed E-state index contributed by atoms with van der Waals surface area (Å²) in [6.45, 7) is 2.38. The monoisotopic (exact) mass is 194 g/mol. The Labute approximate surface area is 81.2 Å². The summed E-state index contributed by atoms with van der Waals surface area (Å²) in [5, 5.41) is 3.59. The maximum absolute atomic E-state index is 11.3. The van der Waals surface area contributed by atoms with Crippen LogP contribution in [0.15, 0.2) is 6.20 Å². The predicted octanol–water partition coefficient (Wildman–Crippen LogP) is 1.20. The molecule has 68 valence electrons. The fraction of sp³-hybridized carbons (Fsp3) is 0.333. The van der Waals surface area contributed by atoms with Crippen LogP contribution < -0.4 is 5.32 Å². The molecule has 0 aliphatic heterocycles. The van der Waals surface area contributed by atoms with Gasteiger partial charge in [-0.2, -0.15) is 0 Å². The highest BCUT2D eigenvalue weighted by Crippen LogP contribution is 2.10. The first-order valence-corrected chi connectivity index (χ1v) is 4.70. The second-order valence-corrected chi connectivity index (χ2v) is 3.69. The van der Waals surface area contributed by atoms with Crippen LogP contribution in [0, 0.1) is 19.3 Å². The number of amides is 1. The number of nitrogens with zero attached hydrogens (tertiary/aromatic N) is 1. The molecule has 0 aliphatic carbocycles. The molecule has 3 nitrogen and oxygen atoms in total. The van der Waals surface area contributed by atoms with Gasteiger partial charge in [-0.05, 0) is 6.92 Å². The average molecular weight is 194 g/mol. The highest BCUT2D eigenvalue weighted by molar-refractivity contribution is 7.13. The summed E-state index contributed by atoms with van der Waals surface area (Å²) in [5.41, 5.74) is 0. The van der Waals surface area contributed by atoms with E-state index < -0.39 is 0 Å². The van der Waals surface area contributed by atoms with E-state index in [2.05, 4.69) is 16.2 Å². The molecule has 1 rings (SSSR count). The van der Waals surface area contributed by atoms with E-state index in [9.17, 15) is 4.79 Å². The number of thiazole rings is 1. The average Bonchev–Trinajstić information content (AvgIpc) is 2.52. The van der Waals surface area contributed by atoms with E-state index in [-0.39, 0.29) is 5.91 Å². The number of hydrogen-bond donors (Lipinski definition) is 1. The van der Waals surface area contributed by atoms with Crippen molar-refractivity contribution >= 4 is 17.2 Å². The predicted molar refractivity (Wildman–Crippen MR) is 52.6 cm³/mol. The third-order valence-corrected chi connectivity index (χ3v) is 2.31. The molecule has 1 amide bonds. The Morgan fingerprint density at radius 3 is 3.15 bits per heavy atom. The summed E-state index contributed by atoms with van der Waals surface area (Å²) in [5.74, 6) is 2.36. The maximum Gasteiger partial charge on any atom is 0.263 e. The minimum atomic E-state index is -0.0964. The van der Waals surface area contributed by atoms with E-state index in [0.717, 1.165) is 5.01 Å². The lowest BCUT2D eigenvalue weighted by molar-refractivity contribution is 0.0958. The first-order chi connectivity index (χ1) is 6.24. The minimum Gasteiger partial charge on any atom is -0.350 e. The van der Waals surface area contributed by atoms with Gasteiger partial charge in [0.15, 0.2) is 0 Å². The summed E-state index contributed by atoms with van der Waals surface area (Å²) >= 11 is 1.38. The number of nitrogens with one attached hydrogen (secondary N) is 1. The lowest BCUT2D eigenvalue weighted by Crippen LogP contribution is -2.23. The number of carbonyl (C=O) groups excluding carboxylic acids is 1. The molecule has 0 bridgehead atoms. The summed E-state index contributed by atoms with van der Waals surface area (Å²) in [6.07, 6.45) is 7.18. The van der Waals surface area contributed by atoms with Crippen molar-refractivity contribution in [1.29, 1.82) is 0 Å². The fourth-order valence-electron chi connectivity index (χ4n) is 0.802. The molecular formula is C9H10N2OS. The fourth-order valence-corrected chi connectivity index (χ4v) is 1.50. The molecule has 1 heterocycles. The van der Waals surface area contributed by atoms with Crippen molar-refractivity contribution in [3.8, 4) is 12.3 Å². The van der Waals surface area contributed by atoms with Crippen LogP contribution in [0.4, 0.5) is 0 Å². The largest absolute Gasteiger partial charge is 0.350 e. The SMILES string of the molecule is C#CCCNC(=O)c1cnc(C)s1. The van der Waals surface area contributed by atoms with E-state index in [4.69, 9.17) is 6.42 Å². The Hall–Kier alpha value is -1.34. The van der Waals surface area contributed by atoms with Gasteiger partial charge in [-0.15, -0.1) is 23.7 Å². The van der Waals surface area contributed by atoms with Gasteiger partial charge in [0.05, 0.1) is 11.2 Å². The van der Waals surface area contributed by atoms with Crippen molar-refractivity contribution in [2.75, 3.05) is 6.54 Å². The Kier molecular flexibility index (Phi) is 3.47. The third-order valence-electron chi connectivity index (χ3n) is 1.40. The van der Waals surface area contributed by atoms with Crippen LogP contribution in [-0.4, -0.2) is 17.4 Å². The molecule has 1 N–H and O–H groups in total. The summed E-state index contributed by atoms with van der Waals surface area (Å²) in [7, 11) is 0. The molecule has 0 spiro atoms. The lowest BCUT2D eigenvalue weighted by Gasteiger charge is -1.98. The summed E-state index contributed by atoms with van der Waals surface area (Å²) in [4.78, 5) is 15.9. The van der Waals surface area contributed by atoms with Crippen LogP contribution in [0.5, 0.6) is 0 Å². The van der Waals surface area contributed by atoms with E-state index in [1.807, 2.05) is 6.92 Å². The number of rotatable bonds is 3. The molecule has 0 radical (unpaired) electrons. The van der Waals surface area contributed by atoms with Gasteiger partial charge in [0.1, 0.15) is 4.88 Å². The lowest BCUT2D eigenvalue weighted by atomic mass is 10.4. The summed E-state index contributed by atoms with van der Waals surface area (Å²) < 4.78 is 0. The van der Waals surface area contributed by atoms with Crippen molar-refractivity contribution in [2.45, 2.75) is 13.3 Å². The zero-order valence-corrected chi connectivity index (χ0v) is 8.15. The van der Waals surface area contributed by atoms with E-state index in [1.54, 1.807) is 6.20 Å². The summed E-state index contributed by atoms with van der Waals surface area (Å²) in [6, 6.07) is 0. The molecule has 0 atom stereocenters. The minimum absolute atomic E-state index is 0.0964. The first kappa shape index (κ1) is 9.75. The molecule has 0 aliphatic rings. The quantitative estimate of drug-likeness (QED) is 0.580. The van der Waals surface area contributed by atoms with Gasteiger partial charge >= 0.3 is 0 Å². The van der Waals surface area contributed by atoms with Crippen molar-refractivity contribution in [1.82, 2.24) is 10.3 Å². The number of aromatic nitrogens is 1. The standard InChI is InChI=1S/C9H10N2OS/c1-3-4-5-10-9(12)8-6-11-7(2)13-8/h1,6H,4-5H2,2H3,(H,10,12). The Morgan fingerprint density at radius 1 is 1.85 bits per heavy atom. The molecule has 1 aromatic heterocycles. The van der Waals surface area contributed by atoms with E-state index in [1.165, 1.54) is 11.3 Å². The van der Waals surface area contributed by atoms with Gasteiger partial charge in [0.25, 0.3) is 5.91 Å². The Morgan fingerprint density at radius 2 is 2.62 bits per heavy atom. The van der Waals surface area contributed by atoms with E-state index in [0.29, 0.717) is 17.8 Å². The van der Waals surface area contributed by atoms with Gasteiger partial charge in [0, 0.05) is 13.0 Å². The number of aryl methyl sites for hydroxylation is 1. The van der Waals surface area contributed by atoms with Crippen molar-refractivity contribution in [2.24, 2.45) is 0 Å². The highest BCUT2D eigenvalue weighted by atomic mass is 32.1. The van der Waals surface area contributed by atoms with Crippen LogP contribution in [0.1, 0.15) is 21.1 Å². The second-order valence-electron chi connectivity index (χ2n) is 2.45. The molecule has 13 heavy (non-hydrogen) atoms. The molecule has 0 unspecified atom stereocenters. The topological polar surface area (TPSA) is 42.0 Å².